The van der Waals surface area contributed by atoms with Crippen LogP contribution in [0, 0.1) is 12.7 Å². The van der Waals surface area contributed by atoms with E-state index in [1.54, 1.807) is 6.07 Å². The number of hydrogen-bond donors (Lipinski definition) is 1. The van der Waals surface area contributed by atoms with Gasteiger partial charge >= 0.3 is 0 Å². The molecule has 3 heteroatoms. The molecule has 2 aromatic rings. The van der Waals surface area contributed by atoms with Gasteiger partial charge < -0.3 is 5.32 Å². The Kier molecular flexibility index (Phi) is 4.43. The first kappa shape index (κ1) is 13.9. The molecule has 1 atom stereocenters. The van der Waals surface area contributed by atoms with Gasteiger partial charge in [-0.2, -0.15) is 0 Å². The lowest BCUT2D eigenvalue weighted by atomic mass is 10.0. The lowest BCUT2D eigenvalue weighted by molar-refractivity contribution is 0.623. The molecule has 1 unspecified atom stereocenters. The van der Waals surface area contributed by atoms with E-state index in [2.05, 4.69) is 12.2 Å². The first-order valence-electron chi connectivity index (χ1n) is 6.38. The second-order valence-corrected chi connectivity index (χ2v) is 5.08. The SMILES string of the molecule is CCC(Nc1cc(C)ccc1F)c1ccc(Cl)cc1. The second-order valence-electron chi connectivity index (χ2n) is 4.64. The predicted octanol–water partition coefficient (Wildman–Crippen LogP) is 5.35. The average Bonchev–Trinajstić information content (AvgIpc) is 2.41. The Hall–Kier alpha value is -1.54. The van der Waals surface area contributed by atoms with Gasteiger partial charge in [-0.1, -0.05) is 36.7 Å². The Morgan fingerprint density at radius 2 is 1.84 bits per heavy atom. The molecular formula is C16H17ClFN. The molecule has 0 heterocycles. The zero-order valence-electron chi connectivity index (χ0n) is 11.1. The highest BCUT2D eigenvalue weighted by molar-refractivity contribution is 6.30. The summed E-state index contributed by atoms with van der Waals surface area (Å²) in [4.78, 5) is 0. The van der Waals surface area contributed by atoms with E-state index in [1.807, 2.05) is 37.3 Å². The van der Waals surface area contributed by atoms with Crippen molar-refractivity contribution >= 4 is 17.3 Å². The normalized spacial score (nSPS) is 12.2. The molecule has 19 heavy (non-hydrogen) atoms. The summed E-state index contributed by atoms with van der Waals surface area (Å²) in [5, 5.41) is 3.96. The maximum absolute atomic E-state index is 13.8. The third-order valence-corrected chi connectivity index (χ3v) is 3.38. The second kappa shape index (κ2) is 6.07. The van der Waals surface area contributed by atoms with Crippen LogP contribution in [0.25, 0.3) is 0 Å². The summed E-state index contributed by atoms with van der Waals surface area (Å²) in [6.07, 6.45) is 0.870. The Balaban J connectivity index is 2.23. The van der Waals surface area contributed by atoms with E-state index in [4.69, 9.17) is 11.6 Å². The molecule has 0 saturated heterocycles. The van der Waals surface area contributed by atoms with E-state index in [0.717, 1.165) is 17.5 Å². The van der Waals surface area contributed by atoms with E-state index in [0.29, 0.717) is 10.7 Å². The topological polar surface area (TPSA) is 12.0 Å². The monoisotopic (exact) mass is 277 g/mol. The van der Waals surface area contributed by atoms with Crippen molar-refractivity contribution in [1.29, 1.82) is 0 Å². The van der Waals surface area contributed by atoms with Crippen molar-refractivity contribution in [2.75, 3.05) is 5.32 Å². The van der Waals surface area contributed by atoms with Crippen LogP contribution in [0.15, 0.2) is 42.5 Å². The number of rotatable bonds is 4. The standard InChI is InChI=1S/C16H17ClFN/c1-3-15(12-5-7-13(17)8-6-12)19-16-10-11(2)4-9-14(16)18/h4-10,15,19H,3H2,1-2H3. The molecule has 2 rings (SSSR count). The van der Waals surface area contributed by atoms with Crippen molar-refractivity contribution in [3.8, 4) is 0 Å². The molecule has 0 aromatic heterocycles. The molecule has 0 fully saturated rings. The molecule has 1 nitrogen and oxygen atoms in total. The number of halogens is 2. The van der Waals surface area contributed by atoms with Crippen LogP contribution in [-0.2, 0) is 0 Å². The lowest BCUT2D eigenvalue weighted by Gasteiger charge is -2.19. The van der Waals surface area contributed by atoms with Gasteiger partial charge in [0.1, 0.15) is 5.82 Å². The summed E-state index contributed by atoms with van der Waals surface area (Å²) in [6, 6.07) is 12.8. The van der Waals surface area contributed by atoms with Crippen LogP contribution in [0.1, 0.15) is 30.5 Å². The van der Waals surface area contributed by atoms with E-state index < -0.39 is 0 Å². The van der Waals surface area contributed by atoms with Gasteiger partial charge in [0.25, 0.3) is 0 Å². The molecule has 0 aliphatic rings. The first-order valence-corrected chi connectivity index (χ1v) is 6.76. The molecule has 0 aliphatic heterocycles. The molecular weight excluding hydrogens is 261 g/mol. The molecule has 2 aromatic carbocycles. The minimum absolute atomic E-state index is 0.0774. The first-order chi connectivity index (χ1) is 9.10. The highest BCUT2D eigenvalue weighted by Gasteiger charge is 2.11. The molecule has 0 aliphatic carbocycles. The summed E-state index contributed by atoms with van der Waals surface area (Å²) in [5.41, 5.74) is 2.68. The average molecular weight is 278 g/mol. The number of nitrogens with one attached hydrogen (secondary N) is 1. The van der Waals surface area contributed by atoms with Gasteiger partial charge in [0.2, 0.25) is 0 Å². The van der Waals surface area contributed by atoms with Crippen molar-refractivity contribution in [3.05, 3.63) is 64.4 Å². The summed E-state index contributed by atoms with van der Waals surface area (Å²) < 4.78 is 13.8. The molecule has 1 N–H and O–H groups in total. The maximum atomic E-state index is 13.8. The van der Waals surface area contributed by atoms with Crippen molar-refractivity contribution in [2.24, 2.45) is 0 Å². The van der Waals surface area contributed by atoms with Crippen LogP contribution in [0.4, 0.5) is 10.1 Å². The van der Waals surface area contributed by atoms with Crippen LogP contribution >= 0.6 is 11.6 Å². The summed E-state index contributed by atoms with van der Waals surface area (Å²) in [5.74, 6) is -0.224. The molecule has 0 spiro atoms. The molecule has 0 saturated carbocycles. The molecule has 0 radical (unpaired) electrons. The fourth-order valence-electron chi connectivity index (χ4n) is 2.05. The lowest BCUT2D eigenvalue weighted by Crippen LogP contribution is -2.10. The predicted molar refractivity (Wildman–Crippen MR) is 79.2 cm³/mol. The van der Waals surface area contributed by atoms with Gasteiger partial charge in [-0.3, -0.25) is 0 Å². The number of anilines is 1. The quantitative estimate of drug-likeness (QED) is 0.794. The zero-order valence-corrected chi connectivity index (χ0v) is 11.8. The van der Waals surface area contributed by atoms with E-state index in [9.17, 15) is 4.39 Å². The number of hydrogen-bond acceptors (Lipinski definition) is 1. The van der Waals surface area contributed by atoms with Crippen molar-refractivity contribution in [2.45, 2.75) is 26.3 Å². The number of benzene rings is 2. The van der Waals surface area contributed by atoms with Crippen LogP contribution in [0.3, 0.4) is 0 Å². The zero-order chi connectivity index (χ0) is 13.8. The summed E-state index contributed by atoms with van der Waals surface area (Å²) in [6.45, 7) is 4.02. The van der Waals surface area contributed by atoms with Crippen LogP contribution in [0.5, 0.6) is 0 Å². The summed E-state index contributed by atoms with van der Waals surface area (Å²) >= 11 is 5.89. The maximum Gasteiger partial charge on any atom is 0.146 e. The fourth-order valence-corrected chi connectivity index (χ4v) is 2.18. The van der Waals surface area contributed by atoms with Gasteiger partial charge in [-0.25, -0.2) is 4.39 Å². The highest BCUT2D eigenvalue weighted by Crippen LogP contribution is 2.26. The Labute approximate surface area is 118 Å². The molecule has 100 valence electrons. The van der Waals surface area contributed by atoms with Gasteiger partial charge in [0, 0.05) is 5.02 Å². The Bertz CT molecular complexity index is 551. The van der Waals surface area contributed by atoms with Gasteiger partial charge in [0.15, 0.2) is 0 Å². The van der Waals surface area contributed by atoms with Crippen LogP contribution in [-0.4, -0.2) is 0 Å². The Morgan fingerprint density at radius 1 is 1.16 bits per heavy atom. The van der Waals surface area contributed by atoms with E-state index in [1.165, 1.54) is 6.07 Å². The van der Waals surface area contributed by atoms with Crippen LogP contribution < -0.4 is 5.32 Å². The van der Waals surface area contributed by atoms with Crippen LogP contribution in [0.2, 0.25) is 5.02 Å². The van der Waals surface area contributed by atoms with E-state index in [-0.39, 0.29) is 11.9 Å². The highest BCUT2D eigenvalue weighted by atomic mass is 35.5. The largest absolute Gasteiger partial charge is 0.376 e. The third-order valence-electron chi connectivity index (χ3n) is 3.13. The smallest absolute Gasteiger partial charge is 0.146 e. The fraction of sp³-hybridized carbons (Fsp3) is 0.250. The van der Waals surface area contributed by atoms with E-state index >= 15 is 0 Å². The van der Waals surface area contributed by atoms with Gasteiger partial charge in [-0.05, 0) is 48.7 Å². The van der Waals surface area contributed by atoms with Crippen molar-refractivity contribution < 1.29 is 4.39 Å². The Morgan fingerprint density at radius 3 is 2.47 bits per heavy atom. The molecule has 0 bridgehead atoms. The van der Waals surface area contributed by atoms with Crippen molar-refractivity contribution in [3.63, 3.8) is 0 Å². The summed E-state index contributed by atoms with van der Waals surface area (Å²) in [7, 11) is 0. The minimum atomic E-state index is -0.224. The third kappa shape index (κ3) is 3.48. The minimum Gasteiger partial charge on any atom is -0.376 e. The number of aryl methyl sites for hydroxylation is 1. The van der Waals surface area contributed by atoms with Gasteiger partial charge in [-0.15, -0.1) is 0 Å². The molecule has 0 amide bonds. The van der Waals surface area contributed by atoms with Gasteiger partial charge in [0.05, 0.1) is 11.7 Å². The van der Waals surface area contributed by atoms with Crippen molar-refractivity contribution in [1.82, 2.24) is 0 Å².